The topological polar surface area (TPSA) is 153 Å². The molecule has 2 rings (SSSR count). The Labute approximate surface area is 117 Å². The average Bonchev–Trinajstić information content (AvgIpc) is 2.73. The normalized spacial score (nSPS) is 22.6. The number of aliphatic hydroxyl groups is 1. The second kappa shape index (κ2) is 5.23. The van der Waals surface area contributed by atoms with Crippen LogP contribution in [0, 0.1) is 6.92 Å². The summed E-state index contributed by atoms with van der Waals surface area (Å²) in [6, 6.07) is -0.886. The van der Waals surface area contributed by atoms with Crippen LogP contribution in [0.15, 0.2) is 15.8 Å². The first kappa shape index (κ1) is 15.6. The molecule has 0 saturated carbocycles. The molecule has 116 valence electrons. The lowest BCUT2D eigenvalue weighted by molar-refractivity contribution is 0.143. The molecule has 1 saturated heterocycles. The fourth-order valence-corrected chi connectivity index (χ4v) is 2.75. The summed E-state index contributed by atoms with van der Waals surface area (Å²) in [5.74, 6) is 0. The van der Waals surface area contributed by atoms with Gasteiger partial charge in [0.1, 0.15) is 0 Å². The van der Waals surface area contributed by atoms with Crippen LogP contribution in [0.25, 0.3) is 0 Å². The van der Waals surface area contributed by atoms with E-state index in [9.17, 15) is 24.1 Å². The Morgan fingerprint density at radius 3 is 2.57 bits per heavy atom. The highest BCUT2D eigenvalue weighted by Gasteiger charge is 2.41. The first-order valence-electron chi connectivity index (χ1n) is 5.96. The maximum Gasteiger partial charge on any atom is 0.413 e. The van der Waals surface area contributed by atoms with Gasteiger partial charge in [0.15, 0.2) is 0 Å². The van der Waals surface area contributed by atoms with Crippen molar-refractivity contribution in [1.82, 2.24) is 14.5 Å². The number of likely N-dealkylation sites (tertiary alicyclic amines) is 1. The minimum Gasteiger partial charge on any atom is -0.389 e. The van der Waals surface area contributed by atoms with Crippen LogP contribution < -0.4 is 11.2 Å². The number of hydrogen-bond donors (Lipinski definition) is 4. The summed E-state index contributed by atoms with van der Waals surface area (Å²) in [7, 11) is -4.95. The lowest BCUT2D eigenvalue weighted by Crippen LogP contribution is -2.37. The maximum atomic E-state index is 11.7. The Morgan fingerprint density at radius 1 is 1.38 bits per heavy atom. The van der Waals surface area contributed by atoms with Crippen molar-refractivity contribution in [3.8, 4) is 0 Å². The number of rotatable bonds is 2. The van der Waals surface area contributed by atoms with Gasteiger partial charge >= 0.3 is 18.9 Å². The van der Waals surface area contributed by atoms with E-state index in [4.69, 9.17) is 9.79 Å². The summed E-state index contributed by atoms with van der Waals surface area (Å²) in [5.41, 5.74) is -2.49. The van der Waals surface area contributed by atoms with Crippen LogP contribution in [0.4, 0.5) is 4.79 Å². The number of β-amino-alcohol motifs (C(OH)–C–C–N with tert-alkyl or cyclic N) is 1. The van der Waals surface area contributed by atoms with Gasteiger partial charge in [-0.05, 0) is 6.92 Å². The number of nitrogens with zero attached hydrogens (tertiary/aromatic N) is 2. The third kappa shape index (κ3) is 2.98. The van der Waals surface area contributed by atoms with E-state index in [0.717, 1.165) is 9.47 Å². The minimum atomic E-state index is -4.95. The van der Waals surface area contributed by atoms with Crippen LogP contribution >= 0.6 is 7.60 Å². The standard InChI is InChI=1S/C10H14N3O7P/c1-5-2-13(9(16)11-8(5)15)6-3-12(4-7(6)14)10(17)21(18,19)20/h2,6-7,14H,3-4H2,1H3,(H,11,15,16)(H2,18,19,20)/t6-,7-/m1/s1. The van der Waals surface area contributed by atoms with Gasteiger partial charge in [-0.3, -0.25) is 19.1 Å². The first-order chi connectivity index (χ1) is 9.61. The van der Waals surface area contributed by atoms with Crippen molar-refractivity contribution < 1.29 is 24.3 Å². The van der Waals surface area contributed by atoms with Gasteiger partial charge < -0.3 is 19.8 Å². The smallest absolute Gasteiger partial charge is 0.389 e. The van der Waals surface area contributed by atoms with Crippen LogP contribution in [0.5, 0.6) is 0 Å². The predicted octanol–water partition coefficient (Wildman–Crippen LogP) is -1.64. The number of aryl methyl sites for hydroxylation is 1. The average molecular weight is 319 g/mol. The van der Waals surface area contributed by atoms with E-state index in [1.165, 1.54) is 13.1 Å². The van der Waals surface area contributed by atoms with Gasteiger partial charge in [0.05, 0.1) is 12.1 Å². The molecule has 0 spiro atoms. The fourth-order valence-electron chi connectivity index (χ4n) is 2.22. The van der Waals surface area contributed by atoms with Crippen LogP contribution in [0.1, 0.15) is 11.6 Å². The zero-order chi connectivity index (χ0) is 15.9. The first-order valence-corrected chi connectivity index (χ1v) is 7.57. The Kier molecular flexibility index (Phi) is 3.89. The van der Waals surface area contributed by atoms with Crippen molar-refractivity contribution in [1.29, 1.82) is 0 Å². The monoisotopic (exact) mass is 319 g/mol. The molecule has 2 heterocycles. The summed E-state index contributed by atoms with van der Waals surface area (Å²) >= 11 is 0. The number of nitrogens with one attached hydrogen (secondary N) is 1. The molecule has 0 aliphatic carbocycles. The van der Waals surface area contributed by atoms with Crippen molar-refractivity contribution in [3.05, 3.63) is 32.6 Å². The SMILES string of the molecule is Cc1cn([C@@H]2CN(C(=O)P(=O)(O)O)C[C@H]2O)c(=O)[nH]c1=O. The molecule has 0 radical (unpaired) electrons. The molecule has 0 unspecified atom stereocenters. The third-order valence-corrected chi connectivity index (χ3v) is 4.06. The number of amides is 1. The second-order valence-electron chi connectivity index (χ2n) is 4.84. The molecule has 4 N–H and O–H groups in total. The quantitative estimate of drug-likeness (QED) is 0.477. The van der Waals surface area contributed by atoms with Gasteiger partial charge in [-0.2, -0.15) is 0 Å². The van der Waals surface area contributed by atoms with E-state index >= 15 is 0 Å². The lowest BCUT2D eigenvalue weighted by atomic mass is 10.2. The summed E-state index contributed by atoms with van der Waals surface area (Å²) < 4.78 is 12.0. The Balaban J connectivity index is 2.33. The van der Waals surface area contributed by atoms with Crippen molar-refractivity contribution in [2.24, 2.45) is 0 Å². The van der Waals surface area contributed by atoms with Crippen LogP contribution in [-0.4, -0.2) is 54.2 Å². The van der Waals surface area contributed by atoms with E-state index in [-0.39, 0.29) is 18.7 Å². The van der Waals surface area contributed by atoms with Gasteiger partial charge in [0.25, 0.3) is 5.56 Å². The molecule has 1 fully saturated rings. The highest BCUT2D eigenvalue weighted by atomic mass is 31.2. The Morgan fingerprint density at radius 2 is 2.00 bits per heavy atom. The van der Waals surface area contributed by atoms with Crippen molar-refractivity contribution in [2.45, 2.75) is 19.1 Å². The van der Waals surface area contributed by atoms with E-state index in [2.05, 4.69) is 4.98 Å². The number of aromatic nitrogens is 2. The molecule has 0 aromatic carbocycles. The molecule has 2 atom stereocenters. The zero-order valence-electron chi connectivity index (χ0n) is 11.0. The number of carbonyl (C=O) groups is 1. The number of aromatic amines is 1. The summed E-state index contributed by atoms with van der Waals surface area (Å²) in [5, 5.41) is 9.91. The van der Waals surface area contributed by atoms with Gasteiger partial charge in [-0.25, -0.2) is 9.36 Å². The predicted molar refractivity (Wildman–Crippen MR) is 70.1 cm³/mol. The molecule has 1 aromatic rings. The van der Waals surface area contributed by atoms with E-state index in [0.29, 0.717) is 0 Å². The Bertz CT molecular complexity index is 733. The van der Waals surface area contributed by atoms with E-state index in [1.54, 1.807) is 0 Å². The van der Waals surface area contributed by atoms with Gasteiger partial charge in [-0.15, -0.1) is 0 Å². The summed E-state index contributed by atoms with van der Waals surface area (Å²) in [6.07, 6.45) is 0.0593. The number of aliphatic hydroxyl groups excluding tert-OH is 1. The van der Waals surface area contributed by atoms with Crippen molar-refractivity contribution in [3.63, 3.8) is 0 Å². The molecular weight excluding hydrogens is 305 g/mol. The minimum absolute atomic E-state index is 0.238. The number of H-pyrrole nitrogens is 1. The van der Waals surface area contributed by atoms with Gasteiger partial charge in [0, 0.05) is 24.8 Å². The second-order valence-corrected chi connectivity index (χ2v) is 6.32. The molecule has 1 aliphatic rings. The Hall–Kier alpha value is -1.74. The molecule has 11 heteroatoms. The van der Waals surface area contributed by atoms with Gasteiger partial charge in [0.2, 0.25) is 0 Å². The number of carbonyl (C=O) groups excluding carboxylic acids is 1. The molecule has 1 aromatic heterocycles. The van der Waals surface area contributed by atoms with Crippen molar-refractivity contribution >= 4 is 13.2 Å². The fraction of sp³-hybridized carbons (Fsp3) is 0.500. The van der Waals surface area contributed by atoms with Crippen LogP contribution in [-0.2, 0) is 4.57 Å². The lowest BCUT2D eigenvalue weighted by Gasteiger charge is -2.17. The molecule has 10 nitrogen and oxygen atoms in total. The van der Waals surface area contributed by atoms with Gasteiger partial charge in [-0.1, -0.05) is 0 Å². The highest BCUT2D eigenvalue weighted by molar-refractivity contribution is 7.69. The summed E-state index contributed by atoms with van der Waals surface area (Å²) in [4.78, 5) is 55.1. The number of hydrogen-bond acceptors (Lipinski definition) is 5. The third-order valence-electron chi connectivity index (χ3n) is 3.28. The summed E-state index contributed by atoms with van der Waals surface area (Å²) in [6.45, 7) is 0.921. The van der Waals surface area contributed by atoms with Crippen molar-refractivity contribution in [2.75, 3.05) is 13.1 Å². The maximum absolute atomic E-state index is 11.7. The molecule has 1 aliphatic heterocycles. The molecule has 0 bridgehead atoms. The van der Waals surface area contributed by atoms with E-state index < -0.39 is 36.6 Å². The molecular formula is C10H14N3O7P. The molecule has 1 amide bonds. The largest absolute Gasteiger partial charge is 0.413 e. The van der Waals surface area contributed by atoms with E-state index in [1.807, 2.05) is 0 Å². The highest BCUT2D eigenvalue weighted by Crippen LogP contribution is 2.40. The zero-order valence-corrected chi connectivity index (χ0v) is 11.9. The molecule has 21 heavy (non-hydrogen) atoms. The van der Waals surface area contributed by atoms with Crippen LogP contribution in [0.2, 0.25) is 0 Å². The van der Waals surface area contributed by atoms with Crippen LogP contribution in [0.3, 0.4) is 0 Å².